The summed E-state index contributed by atoms with van der Waals surface area (Å²) < 4.78 is 39.7. The van der Waals surface area contributed by atoms with Crippen molar-refractivity contribution in [2.75, 3.05) is 39.4 Å². The second-order valence-electron chi connectivity index (χ2n) is 13.1. The van der Waals surface area contributed by atoms with Crippen LogP contribution in [0.3, 0.4) is 0 Å². The monoisotopic (exact) mass is 706 g/mol. The number of aryl methyl sites for hydroxylation is 2. The normalized spacial score (nSPS) is 13.2. The van der Waals surface area contributed by atoms with Crippen LogP contribution >= 0.6 is 0 Å². The van der Waals surface area contributed by atoms with E-state index in [-0.39, 0.29) is 16.5 Å². The molecule has 0 atom stereocenters. The highest BCUT2D eigenvalue weighted by Gasteiger charge is 2.19. The Kier molecular flexibility index (Phi) is 11.8. The first kappa shape index (κ1) is 36.5. The number of nitrogens with two attached hydrogens (primary N) is 1. The maximum Gasteiger partial charge on any atom is 0.256 e. The van der Waals surface area contributed by atoms with Crippen LogP contribution in [0.2, 0.25) is 0 Å². The molecular formula is C42H44F2N4O4. The highest BCUT2D eigenvalue weighted by atomic mass is 19.1. The first-order valence-corrected chi connectivity index (χ1v) is 17.8. The number of hydrogen-bond donors (Lipinski definition) is 3. The highest BCUT2D eigenvalue weighted by Crippen LogP contribution is 2.37. The Morgan fingerprint density at radius 1 is 0.673 bits per heavy atom. The maximum atomic E-state index is 13.9. The van der Waals surface area contributed by atoms with Crippen LogP contribution < -0.4 is 26.3 Å². The third kappa shape index (κ3) is 8.25. The van der Waals surface area contributed by atoms with E-state index in [4.69, 9.17) is 15.2 Å². The van der Waals surface area contributed by atoms with Crippen molar-refractivity contribution >= 4 is 21.5 Å². The van der Waals surface area contributed by atoms with E-state index in [9.17, 15) is 18.4 Å². The largest absolute Gasteiger partial charge is 0.491 e. The number of halogens is 2. The summed E-state index contributed by atoms with van der Waals surface area (Å²) in [5.41, 5.74) is 9.17. The third-order valence-corrected chi connectivity index (χ3v) is 9.28. The van der Waals surface area contributed by atoms with E-state index in [2.05, 4.69) is 14.9 Å². The van der Waals surface area contributed by atoms with Gasteiger partial charge in [0.15, 0.2) is 11.5 Å². The van der Waals surface area contributed by atoms with Crippen LogP contribution in [0.25, 0.3) is 44.1 Å². The van der Waals surface area contributed by atoms with Gasteiger partial charge in [-0.05, 0) is 81.6 Å². The Hall–Kier alpha value is -5.32. The van der Waals surface area contributed by atoms with E-state index in [1.807, 2.05) is 67.6 Å². The molecule has 4 N–H and O–H groups in total. The van der Waals surface area contributed by atoms with Crippen molar-refractivity contribution in [2.45, 2.75) is 39.5 Å². The average Bonchev–Trinajstić information content (AvgIpc) is 3.15. The van der Waals surface area contributed by atoms with E-state index in [0.717, 1.165) is 37.2 Å². The van der Waals surface area contributed by atoms with Gasteiger partial charge >= 0.3 is 0 Å². The standard InChI is InChI=1S/C24H27FN2O2.C18H17FN2O2/c1-17-15-19(25)16-20-21(17)23(29-14-8-13-27-11-6-3-7-12-27)22(26-24(20)28)18-9-4-2-5-10-18;1-11-9-13(19)10-14-15(11)17(23-8-7-20)16(21-18(14)22)12-5-3-2-4-6-12/h2,4-5,9-10,15-16H,3,6-8,11-14H2,1H3,(H,26,28);2-6,9-10H,7-8,20H2,1H3,(H,21,22). The van der Waals surface area contributed by atoms with E-state index in [1.165, 1.54) is 43.5 Å². The number of aromatic amines is 2. The van der Waals surface area contributed by atoms with Gasteiger partial charge in [0.2, 0.25) is 0 Å². The van der Waals surface area contributed by atoms with Crippen LogP contribution in [0.5, 0.6) is 11.5 Å². The summed E-state index contributed by atoms with van der Waals surface area (Å²) in [6, 6.07) is 24.4. The Labute approximate surface area is 301 Å². The van der Waals surface area contributed by atoms with Gasteiger partial charge in [0, 0.05) is 35.0 Å². The molecular weight excluding hydrogens is 662 g/mol. The molecule has 2 aromatic heterocycles. The van der Waals surface area contributed by atoms with Gasteiger partial charge in [-0.15, -0.1) is 0 Å². The zero-order chi connectivity index (χ0) is 36.6. The lowest BCUT2D eigenvalue weighted by Crippen LogP contribution is -2.31. The van der Waals surface area contributed by atoms with Crippen LogP contribution in [0, 0.1) is 25.5 Å². The summed E-state index contributed by atoms with van der Waals surface area (Å²) in [6.07, 6.45) is 4.78. The number of H-pyrrole nitrogens is 2. The van der Waals surface area contributed by atoms with Crippen molar-refractivity contribution in [3.63, 3.8) is 0 Å². The molecule has 0 unspecified atom stereocenters. The van der Waals surface area contributed by atoms with Crippen LogP contribution in [0.1, 0.15) is 36.8 Å². The summed E-state index contributed by atoms with van der Waals surface area (Å²) in [4.78, 5) is 33.3. The number of hydrogen-bond acceptors (Lipinski definition) is 6. The predicted octanol–water partition coefficient (Wildman–Crippen LogP) is 7.88. The lowest BCUT2D eigenvalue weighted by molar-refractivity contribution is 0.205. The molecule has 0 spiro atoms. The second kappa shape index (κ2) is 16.8. The predicted molar refractivity (Wildman–Crippen MR) is 204 cm³/mol. The van der Waals surface area contributed by atoms with Gasteiger partial charge in [-0.2, -0.15) is 0 Å². The lowest BCUT2D eigenvalue weighted by Gasteiger charge is -2.26. The maximum absolute atomic E-state index is 13.9. The molecule has 8 nitrogen and oxygen atoms in total. The van der Waals surface area contributed by atoms with Gasteiger partial charge in [-0.25, -0.2) is 8.78 Å². The number of nitrogens with zero attached hydrogens (tertiary/aromatic N) is 1. The first-order valence-electron chi connectivity index (χ1n) is 17.8. The molecule has 1 saturated heterocycles. The zero-order valence-electron chi connectivity index (χ0n) is 29.6. The van der Waals surface area contributed by atoms with Gasteiger partial charge in [0.25, 0.3) is 11.1 Å². The topological polar surface area (TPSA) is 113 Å². The summed E-state index contributed by atoms with van der Waals surface area (Å²) in [5, 5.41) is 1.90. The fraction of sp³-hybridized carbons (Fsp3) is 0.286. The van der Waals surface area contributed by atoms with Crippen LogP contribution in [-0.4, -0.2) is 54.3 Å². The van der Waals surface area contributed by atoms with Crippen LogP contribution in [-0.2, 0) is 0 Å². The van der Waals surface area contributed by atoms with Crippen molar-refractivity contribution < 1.29 is 18.3 Å². The molecule has 0 aliphatic carbocycles. The van der Waals surface area contributed by atoms with Crippen molar-refractivity contribution in [2.24, 2.45) is 5.73 Å². The van der Waals surface area contributed by atoms with Gasteiger partial charge < -0.3 is 30.1 Å². The summed E-state index contributed by atoms with van der Waals surface area (Å²) in [6.45, 7) is 8.11. The molecule has 1 fully saturated rings. The number of benzene rings is 4. The van der Waals surface area contributed by atoms with Gasteiger partial charge in [0.05, 0.1) is 28.8 Å². The summed E-state index contributed by atoms with van der Waals surface area (Å²) in [5.74, 6) is 0.289. The highest BCUT2D eigenvalue weighted by molar-refractivity contribution is 5.96. The molecule has 0 amide bonds. The Bertz CT molecular complexity index is 2270. The number of fused-ring (bicyclic) bond motifs is 2. The van der Waals surface area contributed by atoms with Crippen molar-refractivity contribution in [1.29, 1.82) is 0 Å². The summed E-state index contributed by atoms with van der Waals surface area (Å²) in [7, 11) is 0. The molecule has 6 aromatic rings. The fourth-order valence-corrected chi connectivity index (χ4v) is 6.88. The average molecular weight is 707 g/mol. The number of likely N-dealkylation sites (tertiary alicyclic amines) is 1. The van der Waals surface area contributed by atoms with Gasteiger partial charge in [0.1, 0.15) is 18.2 Å². The molecule has 7 rings (SSSR count). The van der Waals surface area contributed by atoms with Crippen molar-refractivity contribution in [3.05, 3.63) is 128 Å². The fourth-order valence-electron chi connectivity index (χ4n) is 6.88. The van der Waals surface area contributed by atoms with Crippen LogP contribution in [0.15, 0.2) is 94.5 Å². The molecule has 10 heteroatoms. The van der Waals surface area contributed by atoms with E-state index < -0.39 is 11.6 Å². The molecule has 1 aliphatic rings. The number of pyridine rings is 2. The molecule has 270 valence electrons. The molecule has 0 bridgehead atoms. The minimum absolute atomic E-state index is 0.272. The Balaban J connectivity index is 0.000000183. The lowest BCUT2D eigenvalue weighted by atomic mass is 10.0. The number of piperidine rings is 1. The minimum Gasteiger partial charge on any atom is -0.491 e. The first-order chi connectivity index (χ1) is 25.2. The van der Waals surface area contributed by atoms with E-state index in [0.29, 0.717) is 69.9 Å². The van der Waals surface area contributed by atoms with E-state index >= 15 is 0 Å². The second-order valence-corrected chi connectivity index (χ2v) is 13.1. The quantitative estimate of drug-likeness (QED) is 0.125. The zero-order valence-corrected chi connectivity index (χ0v) is 29.6. The minimum atomic E-state index is -0.447. The number of nitrogens with one attached hydrogen (secondary N) is 2. The molecule has 0 radical (unpaired) electrons. The summed E-state index contributed by atoms with van der Waals surface area (Å²) >= 11 is 0. The van der Waals surface area contributed by atoms with Crippen LogP contribution in [0.4, 0.5) is 8.78 Å². The van der Waals surface area contributed by atoms with Crippen molar-refractivity contribution in [3.8, 4) is 34.0 Å². The molecule has 0 saturated carbocycles. The molecule has 1 aliphatic heterocycles. The van der Waals surface area contributed by atoms with Crippen molar-refractivity contribution in [1.82, 2.24) is 14.9 Å². The van der Waals surface area contributed by atoms with Gasteiger partial charge in [-0.1, -0.05) is 67.1 Å². The SMILES string of the molecule is Cc1cc(F)cc2c(=O)[nH]c(-c3ccccc3)c(OCCCN3CCCCC3)c12.Cc1cc(F)cc2c(=O)[nH]c(-c3ccccc3)c(OCCN)c12. The number of ether oxygens (including phenoxy) is 2. The Morgan fingerprint density at radius 2 is 1.13 bits per heavy atom. The van der Waals surface area contributed by atoms with Gasteiger partial charge in [-0.3, -0.25) is 9.59 Å². The number of rotatable bonds is 10. The Morgan fingerprint density at radius 3 is 1.60 bits per heavy atom. The molecule has 3 heterocycles. The van der Waals surface area contributed by atoms with E-state index in [1.54, 1.807) is 6.92 Å². The number of aromatic nitrogens is 2. The smallest absolute Gasteiger partial charge is 0.256 e. The third-order valence-electron chi connectivity index (χ3n) is 9.28. The molecule has 4 aromatic carbocycles. The molecule has 52 heavy (non-hydrogen) atoms.